The summed E-state index contributed by atoms with van der Waals surface area (Å²) in [7, 11) is 1.79. The van der Waals surface area contributed by atoms with Gasteiger partial charge in [-0.05, 0) is 63.6 Å². The van der Waals surface area contributed by atoms with Gasteiger partial charge in [0.1, 0.15) is 11.4 Å². The Hall–Kier alpha value is -2.58. The predicted molar refractivity (Wildman–Crippen MR) is 111 cm³/mol. The Bertz CT molecular complexity index is 1180. The molecule has 1 aliphatic carbocycles. The van der Waals surface area contributed by atoms with Crippen molar-refractivity contribution in [1.82, 2.24) is 19.7 Å². The van der Waals surface area contributed by atoms with E-state index in [0.717, 1.165) is 36.8 Å². The van der Waals surface area contributed by atoms with Crippen LogP contribution in [0.5, 0.6) is 0 Å². The standard InChI is InChI=1S/C22H27N5O3/c1-12-9-15(13(2)23)17-16(10-12)18(28)27(4)19(25-17)22-7-5-21(6-8-22,11-29-22)20-24-14(3)26-30-20/h9-10,13H,5-8,11,23H2,1-4H3/t13-,21?,22?/m1/s1. The molecule has 3 aliphatic rings. The molecular weight excluding hydrogens is 382 g/mol. The zero-order valence-corrected chi connectivity index (χ0v) is 17.9. The average molecular weight is 409 g/mol. The van der Waals surface area contributed by atoms with Crippen molar-refractivity contribution in [2.45, 2.75) is 63.5 Å². The van der Waals surface area contributed by atoms with Gasteiger partial charge in [-0.15, -0.1) is 0 Å². The minimum absolute atomic E-state index is 0.0616. The average Bonchev–Trinajstić information content (AvgIpc) is 3.19. The summed E-state index contributed by atoms with van der Waals surface area (Å²) in [4.78, 5) is 22.7. The summed E-state index contributed by atoms with van der Waals surface area (Å²) < 4.78 is 13.6. The van der Waals surface area contributed by atoms with Crippen LogP contribution in [0.4, 0.5) is 0 Å². The van der Waals surface area contributed by atoms with Gasteiger partial charge in [0.15, 0.2) is 5.82 Å². The maximum absolute atomic E-state index is 13.3. The Kier molecular flexibility index (Phi) is 4.17. The molecule has 3 fully saturated rings. The molecule has 8 nitrogen and oxygen atoms in total. The Balaban J connectivity index is 1.61. The third kappa shape index (κ3) is 2.66. The lowest BCUT2D eigenvalue weighted by molar-refractivity contribution is -0.174. The minimum Gasteiger partial charge on any atom is -0.366 e. The molecule has 8 heteroatoms. The van der Waals surface area contributed by atoms with Gasteiger partial charge < -0.3 is 15.0 Å². The monoisotopic (exact) mass is 409 g/mol. The second-order valence-electron chi connectivity index (χ2n) is 9.05. The summed E-state index contributed by atoms with van der Waals surface area (Å²) >= 11 is 0. The Morgan fingerprint density at radius 2 is 1.90 bits per heavy atom. The molecule has 1 saturated carbocycles. The third-order valence-electron chi connectivity index (χ3n) is 6.87. The van der Waals surface area contributed by atoms with Crippen LogP contribution in [-0.2, 0) is 22.8 Å². The van der Waals surface area contributed by atoms with Crippen LogP contribution in [0.2, 0.25) is 0 Å². The molecule has 1 atom stereocenters. The van der Waals surface area contributed by atoms with Gasteiger partial charge in [0.25, 0.3) is 5.56 Å². The molecule has 30 heavy (non-hydrogen) atoms. The predicted octanol–water partition coefficient (Wildman–Crippen LogP) is 2.69. The molecule has 2 N–H and O–H groups in total. The van der Waals surface area contributed by atoms with Crippen molar-refractivity contribution in [1.29, 1.82) is 0 Å². The number of nitrogens with zero attached hydrogens (tertiary/aromatic N) is 4. The van der Waals surface area contributed by atoms with Crippen molar-refractivity contribution in [3.05, 3.63) is 51.2 Å². The molecule has 6 rings (SSSR count). The van der Waals surface area contributed by atoms with Crippen molar-refractivity contribution in [2.75, 3.05) is 6.61 Å². The molecule has 2 aromatic heterocycles. The first-order valence-electron chi connectivity index (χ1n) is 10.5. The van der Waals surface area contributed by atoms with E-state index in [4.69, 9.17) is 20.0 Å². The van der Waals surface area contributed by atoms with Crippen LogP contribution in [0, 0.1) is 13.8 Å². The number of fused-ring (bicyclic) bond motifs is 4. The highest BCUT2D eigenvalue weighted by Gasteiger charge is 2.55. The van der Waals surface area contributed by atoms with Gasteiger partial charge in [0, 0.05) is 13.1 Å². The maximum atomic E-state index is 13.3. The van der Waals surface area contributed by atoms with Gasteiger partial charge in [-0.1, -0.05) is 11.2 Å². The molecule has 4 heterocycles. The number of benzene rings is 1. The van der Waals surface area contributed by atoms with Crippen molar-refractivity contribution in [3.63, 3.8) is 0 Å². The van der Waals surface area contributed by atoms with Gasteiger partial charge in [0.2, 0.25) is 5.89 Å². The lowest BCUT2D eigenvalue weighted by atomic mass is 9.65. The highest BCUT2D eigenvalue weighted by Crippen LogP contribution is 2.53. The van der Waals surface area contributed by atoms with Crippen LogP contribution >= 0.6 is 0 Å². The minimum atomic E-state index is -0.584. The van der Waals surface area contributed by atoms with E-state index in [-0.39, 0.29) is 17.0 Å². The lowest BCUT2D eigenvalue weighted by Gasteiger charge is -2.51. The fourth-order valence-corrected chi connectivity index (χ4v) is 5.08. The van der Waals surface area contributed by atoms with E-state index >= 15 is 0 Å². The van der Waals surface area contributed by atoms with Crippen molar-refractivity contribution in [2.24, 2.45) is 12.8 Å². The molecule has 1 aromatic carbocycles. The first-order chi connectivity index (χ1) is 14.2. The summed E-state index contributed by atoms with van der Waals surface area (Å²) in [6, 6.07) is 3.69. The maximum Gasteiger partial charge on any atom is 0.261 e. The summed E-state index contributed by atoms with van der Waals surface area (Å²) in [5, 5.41) is 4.56. The van der Waals surface area contributed by atoms with Crippen LogP contribution in [0.15, 0.2) is 21.5 Å². The molecule has 0 spiro atoms. The Labute approximate surface area is 174 Å². The Morgan fingerprint density at radius 3 is 2.47 bits per heavy atom. The summed E-state index contributed by atoms with van der Waals surface area (Å²) in [5.41, 5.74) is 7.91. The van der Waals surface area contributed by atoms with E-state index in [1.54, 1.807) is 11.6 Å². The molecule has 2 bridgehead atoms. The fourth-order valence-electron chi connectivity index (χ4n) is 5.08. The highest BCUT2D eigenvalue weighted by atomic mass is 16.5. The van der Waals surface area contributed by atoms with E-state index in [0.29, 0.717) is 35.0 Å². The first-order valence-corrected chi connectivity index (χ1v) is 10.5. The van der Waals surface area contributed by atoms with E-state index in [9.17, 15) is 4.79 Å². The van der Waals surface area contributed by atoms with Gasteiger partial charge in [-0.3, -0.25) is 9.36 Å². The number of aromatic nitrogens is 4. The number of hydrogen-bond donors (Lipinski definition) is 1. The SMILES string of the molecule is Cc1cc([C@@H](C)N)c2nc(C34CCC(c5nc(C)no5)(CC3)CO4)n(C)c(=O)c2c1. The molecule has 3 aromatic rings. The van der Waals surface area contributed by atoms with Crippen molar-refractivity contribution in [3.8, 4) is 0 Å². The largest absolute Gasteiger partial charge is 0.366 e. The molecule has 158 valence electrons. The van der Waals surface area contributed by atoms with Gasteiger partial charge >= 0.3 is 0 Å². The van der Waals surface area contributed by atoms with Gasteiger partial charge in [-0.2, -0.15) is 4.98 Å². The third-order valence-corrected chi connectivity index (χ3v) is 6.87. The molecule has 2 saturated heterocycles. The zero-order chi connectivity index (χ0) is 21.3. The first kappa shape index (κ1) is 19.4. The lowest BCUT2D eigenvalue weighted by Crippen LogP contribution is -2.53. The second kappa shape index (κ2) is 6.46. The van der Waals surface area contributed by atoms with Gasteiger partial charge in [-0.25, -0.2) is 4.98 Å². The summed E-state index contributed by atoms with van der Waals surface area (Å²) in [6.45, 7) is 6.20. The van der Waals surface area contributed by atoms with E-state index in [2.05, 4.69) is 10.1 Å². The molecule has 0 amide bonds. The molecule has 2 aliphatic heterocycles. The summed E-state index contributed by atoms with van der Waals surface area (Å²) in [6.07, 6.45) is 3.21. The number of nitrogens with two attached hydrogens (primary N) is 1. The smallest absolute Gasteiger partial charge is 0.261 e. The van der Waals surface area contributed by atoms with E-state index in [1.807, 2.05) is 32.9 Å². The van der Waals surface area contributed by atoms with Crippen molar-refractivity contribution < 1.29 is 9.26 Å². The normalized spacial score (nSPS) is 27.0. The fraction of sp³-hybridized carbons (Fsp3) is 0.545. The van der Waals surface area contributed by atoms with Crippen LogP contribution in [-0.4, -0.2) is 26.3 Å². The Morgan fingerprint density at radius 1 is 1.17 bits per heavy atom. The number of hydrogen-bond acceptors (Lipinski definition) is 7. The molecule has 0 unspecified atom stereocenters. The van der Waals surface area contributed by atoms with Crippen LogP contribution in [0.1, 0.15) is 67.3 Å². The van der Waals surface area contributed by atoms with E-state index in [1.165, 1.54) is 0 Å². The second-order valence-corrected chi connectivity index (χ2v) is 9.05. The van der Waals surface area contributed by atoms with Crippen LogP contribution in [0.25, 0.3) is 10.9 Å². The van der Waals surface area contributed by atoms with Crippen LogP contribution in [0.3, 0.4) is 0 Å². The molecular formula is C22H27N5O3. The quantitative estimate of drug-likeness (QED) is 0.708. The topological polar surface area (TPSA) is 109 Å². The summed E-state index contributed by atoms with van der Waals surface area (Å²) in [5.74, 6) is 1.98. The van der Waals surface area contributed by atoms with Crippen molar-refractivity contribution >= 4 is 10.9 Å². The van der Waals surface area contributed by atoms with E-state index < -0.39 is 5.60 Å². The highest BCUT2D eigenvalue weighted by molar-refractivity contribution is 5.82. The van der Waals surface area contributed by atoms with Gasteiger partial charge in [0.05, 0.1) is 22.9 Å². The molecule has 0 radical (unpaired) electrons. The number of aryl methyl sites for hydroxylation is 2. The zero-order valence-electron chi connectivity index (χ0n) is 17.9. The van der Waals surface area contributed by atoms with Crippen LogP contribution < -0.4 is 11.3 Å². The number of ether oxygens (including phenoxy) is 1. The number of rotatable bonds is 3.